The summed E-state index contributed by atoms with van der Waals surface area (Å²) in [5.74, 6) is 0.479. The zero-order chi connectivity index (χ0) is 12.1. The highest BCUT2D eigenvalue weighted by Gasteiger charge is 2.24. The molecule has 0 aromatic carbocycles. The molecule has 0 aromatic heterocycles. The topological polar surface area (TPSA) is 50.4 Å². The molecule has 2 unspecified atom stereocenters. The Morgan fingerprint density at radius 3 is 2.65 bits per heavy atom. The van der Waals surface area contributed by atoms with Crippen molar-refractivity contribution in [2.75, 3.05) is 13.2 Å². The van der Waals surface area contributed by atoms with E-state index < -0.39 is 0 Å². The number of rotatable bonds is 3. The molecule has 2 atom stereocenters. The number of urea groups is 1. The summed E-state index contributed by atoms with van der Waals surface area (Å²) < 4.78 is 5.34. The predicted octanol–water partition coefficient (Wildman–Crippen LogP) is 2.04. The quantitative estimate of drug-likeness (QED) is 0.793. The molecule has 1 heterocycles. The molecule has 17 heavy (non-hydrogen) atoms. The normalized spacial score (nSPS) is 27.7. The fraction of sp³-hybridized carbons (Fsp3) is 0.923. The van der Waals surface area contributed by atoms with Crippen LogP contribution >= 0.6 is 0 Å². The van der Waals surface area contributed by atoms with Gasteiger partial charge in [0.25, 0.3) is 0 Å². The third-order valence-electron chi connectivity index (χ3n) is 3.97. The van der Waals surface area contributed by atoms with E-state index in [1.54, 1.807) is 0 Å². The van der Waals surface area contributed by atoms with Crippen LogP contribution in [0.1, 0.15) is 45.4 Å². The lowest BCUT2D eigenvalue weighted by Crippen LogP contribution is -2.48. The molecule has 2 fully saturated rings. The highest BCUT2D eigenvalue weighted by atomic mass is 16.5. The van der Waals surface area contributed by atoms with Gasteiger partial charge in [-0.1, -0.05) is 19.3 Å². The molecule has 4 heteroatoms. The maximum absolute atomic E-state index is 11.8. The van der Waals surface area contributed by atoms with Crippen molar-refractivity contribution < 1.29 is 9.53 Å². The van der Waals surface area contributed by atoms with Gasteiger partial charge in [0.15, 0.2) is 0 Å². The van der Waals surface area contributed by atoms with E-state index in [0.717, 1.165) is 32.5 Å². The second-order valence-corrected chi connectivity index (χ2v) is 5.37. The van der Waals surface area contributed by atoms with E-state index in [4.69, 9.17) is 4.74 Å². The van der Waals surface area contributed by atoms with E-state index in [2.05, 4.69) is 17.6 Å². The average Bonchev–Trinajstić information content (AvgIpc) is 2.83. The van der Waals surface area contributed by atoms with Crippen LogP contribution < -0.4 is 10.6 Å². The molecule has 2 amide bonds. The first-order chi connectivity index (χ1) is 8.25. The highest BCUT2D eigenvalue weighted by Crippen LogP contribution is 2.18. The number of amides is 2. The standard InChI is InChI=1S/C13H24N2O2/c1-10(11-7-8-17-9-11)14-13(16)15-12-5-3-2-4-6-12/h10-12H,2-9H2,1H3,(H2,14,15,16). The molecule has 0 radical (unpaired) electrons. The summed E-state index contributed by atoms with van der Waals surface area (Å²) >= 11 is 0. The fourth-order valence-corrected chi connectivity index (χ4v) is 2.75. The van der Waals surface area contributed by atoms with Crippen LogP contribution in [0.2, 0.25) is 0 Å². The summed E-state index contributed by atoms with van der Waals surface area (Å²) in [5.41, 5.74) is 0. The van der Waals surface area contributed by atoms with Crippen molar-refractivity contribution in [1.82, 2.24) is 10.6 Å². The maximum Gasteiger partial charge on any atom is 0.315 e. The molecule has 1 aliphatic heterocycles. The monoisotopic (exact) mass is 240 g/mol. The summed E-state index contributed by atoms with van der Waals surface area (Å²) in [6.07, 6.45) is 7.14. The predicted molar refractivity (Wildman–Crippen MR) is 66.9 cm³/mol. The van der Waals surface area contributed by atoms with Crippen LogP contribution in [0, 0.1) is 5.92 Å². The minimum absolute atomic E-state index is 0.00343. The van der Waals surface area contributed by atoms with Crippen LogP contribution in [0.5, 0.6) is 0 Å². The minimum Gasteiger partial charge on any atom is -0.381 e. The molecule has 1 aliphatic carbocycles. The zero-order valence-corrected chi connectivity index (χ0v) is 10.7. The highest BCUT2D eigenvalue weighted by molar-refractivity contribution is 5.74. The van der Waals surface area contributed by atoms with Crippen molar-refractivity contribution in [1.29, 1.82) is 0 Å². The van der Waals surface area contributed by atoms with E-state index in [9.17, 15) is 4.79 Å². The molecule has 0 bridgehead atoms. The Morgan fingerprint density at radius 2 is 2.00 bits per heavy atom. The number of carbonyl (C=O) groups excluding carboxylic acids is 1. The van der Waals surface area contributed by atoms with E-state index in [-0.39, 0.29) is 12.1 Å². The Bertz CT molecular complexity index is 246. The Labute approximate surface area is 103 Å². The molecule has 4 nitrogen and oxygen atoms in total. The first-order valence-corrected chi connectivity index (χ1v) is 6.90. The van der Waals surface area contributed by atoms with E-state index in [1.807, 2.05) is 0 Å². The number of hydrogen-bond acceptors (Lipinski definition) is 2. The van der Waals surface area contributed by atoms with E-state index in [0.29, 0.717) is 12.0 Å². The summed E-state index contributed by atoms with van der Waals surface area (Å²) in [4.78, 5) is 11.8. The van der Waals surface area contributed by atoms with Crippen LogP contribution in [0.25, 0.3) is 0 Å². The fourth-order valence-electron chi connectivity index (χ4n) is 2.75. The number of ether oxygens (including phenoxy) is 1. The van der Waals surface area contributed by atoms with Crippen LogP contribution in [0.4, 0.5) is 4.79 Å². The Morgan fingerprint density at radius 1 is 1.24 bits per heavy atom. The lowest BCUT2D eigenvalue weighted by molar-refractivity contribution is 0.177. The molecular weight excluding hydrogens is 216 g/mol. The Balaban J connectivity index is 1.68. The van der Waals surface area contributed by atoms with Crippen molar-refractivity contribution in [2.24, 2.45) is 5.92 Å². The smallest absolute Gasteiger partial charge is 0.315 e. The molecule has 1 saturated carbocycles. The van der Waals surface area contributed by atoms with Crippen molar-refractivity contribution in [3.63, 3.8) is 0 Å². The number of carbonyl (C=O) groups is 1. The number of nitrogens with one attached hydrogen (secondary N) is 2. The van der Waals surface area contributed by atoms with Gasteiger partial charge in [-0.15, -0.1) is 0 Å². The summed E-state index contributed by atoms with van der Waals surface area (Å²) in [6.45, 7) is 3.69. The van der Waals surface area contributed by atoms with Gasteiger partial charge in [0.05, 0.1) is 6.61 Å². The maximum atomic E-state index is 11.8. The van der Waals surface area contributed by atoms with Gasteiger partial charge in [-0.3, -0.25) is 0 Å². The average molecular weight is 240 g/mol. The SMILES string of the molecule is CC(NC(=O)NC1CCCCC1)C1CCOC1. The van der Waals surface area contributed by atoms with Crippen LogP contribution in [-0.2, 0) is 4.74 Å². The van der Waals surface area contributed by atoms with Crippen molar-refractivity contribution in [3.8, 4) is 0 Å². The van der Waals surface area contributed by atoms with Crippen LogP contribution in [0.15, 0.2) is 0 Å². The molecular formula is C13H24N2O2. The van der Waals surface area contributed by atoms with Crippen LogP contribution in [-0.4, -0.2) is 31.3 Å². The first kappa shape index (κ1) is 12.7. The largest absolute Gasteiger partial charge is 0.381 e. The number of hydrogen-bond donors (Lipinski definition) is 2. The molecule has 0 spiro atoms. The molecule has 2 rings (SSSR count). The van der Waals surface area contributed by atoms with Gasteiger partial charge in [0.2, 0.25) is 0 Å². The zero-order valence-electron chi connectivity index (χ0n) is 10.7. The van der Waals surface area contributed by atoms with E-state index in [1.165, 1.54) is 19.3 Å². The Kier molecular flexibility index (Phi) is 4.66. The molecule has 0 aromatic rings. The van der Waals surface area contributed by atoms with Crippen LogP contribution in [0.3, 0.4) is 0 Å². The van der Waals surface area contributed by atoms with Gasteiger partial charge in [-0.2, -0.15) is 0 Å². The van der Waals surface area contributed by atoms with Gasteiger partial charge in [0.1, 0.15) is 0 Å². The summed E-state index contributed by atoms with van der Waals surface area (Å²) in [5, 5.41) is 6.12. The molecule has 2 N–H and O–H groups in total. The van der Waals surface area contributed by atoms with Crippen molar-refractivity contribution in [3.05, 3.63) is 0 Å². The van der Waals surface area contributed by atoms with E-state index >= 15 is 0 Å². The lowest BCUT2D eigenvalue weighted by atomic mass is 9.95. The third-order valence-corrected chi connectivity index (χ3v) is 3.97. The van der Waals surface area contributed by atoms with Gasteiger partial charge in [-0.25, -0.2) is 4.79 Å². The lowest BCUT2D eigenvalue weighted by Gasteiger charge is -2.25. The van der Waals surface area contributed by atoms with Crippen molar-refractivity contribution in [2.45, 2.75) is 57.5 Å². The molecule has 98 valence electrons. The summed E-state index contributed by atoms with van der Waals surface area (Å²) in [7, 11) is 0. The second kappa shape index (κ2) is 6.24. The molecule has 1 saturated heterocycles. The summed E-state index contributed by atoms with van der Waals surface area (Å²) in [6, 6.07) is 0.591. The first-order valence-electron chi connectivity index (χ1n) is 6.90. The minimum atomic E-state index is -0.00343. The Hall–Kier alpha value is -0.770. The molecule has 2 aliphatic rings. The van der Waals surface area contributed by atoms with Crippen molar-refractivity contribution >= 4 is 6.03 Å². The third kappa shape index (κ3) is 3.87. The van der Waals surface area contributed by atoms with Gasteiger partial charge in [-0.05, 0) is 26.2 Å². The van der Waals surface area contributed by atoms with Gasteiger partial charge < -0.3 is 15.4 Å². The van der Waals surface area contributed by atoms with Gasteiger partial charge >= 0.3 is 6.03 Å². The van der Waals surface area contributed by atoms with Gasteiger partial charge in [0, 0.05) is 24.6 Å². The second-order valence-electron chi connectivity index (χ2n) is 5.37.